The van der Waals surface area contributed by atoms with E-state index in [9.17, 15) is 10.1 Å². The van der Waals surface area contributed by atoms with Gasteiger partial charge in [-0.15, -0.1) is 0 Å². The van der Waals surface area contributed by atoms with Gasteiger partial charge in [-0.2, -0.15) is 5.26 Å². The van der Waals surface area contributed by atoms with Crippen molar-refractivity contribution in [3.8, 4) is 11.8 Å². The summed E-state index contributed by atoms with van der Waals surface area (Å²) in [7, 11) is 0. The number of carbonyl (C=O) groups excluding carboxylic acids is 1. The summed E-state index contributed by atoms with van der Waals surface area (Å²) in [5, 5.41) is 9.38. The molecule has 2 aromatic rings. The lowest BCUT2D eigenvalue weighted by atomic mass is 10.00. The molecule has 0 radical (unpaired) electrons. The molecule has 0 bridgehead atoms. The first kappa shape index (κ1) is 19.7. The Hall–Kier alpha value is -3.01. The van der Waals surface area contributed by atoms with E-state index in [2.05, 4.69) is 9.89 Å². The van der Waals surface area contributed by atoms with Crippen LogP contribution in [0.25, 0.3) is 0 Å². The summed E-state index contributed by atoms with van der Waals surface area (Å²) in [6, 6.07) is 18.2. The van der Waals surface area contributed by atoms with Gasteiger partial charge in [0.15, 0.2) is 5.78 Å². The van der Waals surface area contributed by atoms with Crippen molar-refractivity contribution in [1.82, 2.24) is 4.90 Å². The number of ketones is 1. The van der Waals surface area contributed by atoms with E-state index in [1.807, 2.05) is 42.5 Å². The Bertz CT molecular complexity index is 840. The number of rotatable bonds is 8. The average Bonchev–Trinajstić information content (AvgIpc) is 2.76. The number of nitriles is 1. The maximum Gasteiger partial charge on any atom is 0.185 e. The summed E-state index contributed by atoms with van der Waals surface area (Å²) in [4.78, 5) is 19.2. The van der Waals surface area contributed by atoms with Gasteiger partial charge in [-0.1, -0.05) is 30.3 Å². The molecule has 144 valence electrons. The van der Waals surface area contributed by atoms with Crippen LogP contribution >= 0.6 is 0 Å². The lowest BCUT2D eigenvalue weighted by molar-refractivity contribution is 0.0322. The van der Waals surface area contributed by atoms with E-state index in [1.165, 1.54) is 6.21 Å². The first-order valence-corrected chi connectivity index (χ1v) is 9.32. The fraction of sp³-hybridized carbons (Fsp3) is 0.318. The van der Waals surface area contributed by atoms with E-state index in [0.29, 0.717) is 23.6 Å². The summed E-state index contributed by atoms with van der Waals surface area (Å²) in [6.45, 7) is 4.67. The highest BCUT2D eigenvalue weighted by atomic mass is 16.5. The molecule has 0 amide bonds. The third kappa shape index (κ3) is 5.74. The number of morpholine rings is 1. The zero-order chi connectivity index (χ0) is 19.6. The number of hydrogen-bond acceptors (Lipinski definition) is 6. The number of Topliss-reactive ketones (excluding diaryl/α,β-unsaturated/α-hetero) is 1. The van der Waals surface area contributed by atoms with Crippen LogP contribution in [0, 0.1) is 17.2 Å². The van der Waals surface area contributed by atoms with Gasteiger partial charge in [-0.05, 0) is 24.3 Å². The van der Waals surface area contributed by atoms with Crippen LogP contribution < -0.4 is 4.74 Å². The highest BCUT2D eigenvalue weighted by Crippen LogP contribution is 2.17. The largest absolute Gasteiger partial charge is 0.492 e. The number of hydrogen-bond donors (Lipinski definition) is 0. The molecular weight excluding hydrogens is 354 g/mol. The molecule has 1 fully saturated rings. The normalized spacial score (nSPS) is 15.8. The first-order chi connectivity index (χ1) is 13.8. The molecule has 0 N–H and O–H groups in total. The Balaban J connectivity index is 1.58. The smallest absolute Gasteiger partial charge is 0.185 e. The van der Waals surface area contributed by atoms with Crippen LogP contribution in [0.2, 0.25) is 0 Å². The van der Waals surface area contributed by atoms with Crippen LogP contribution in [-0.2, 0) is 4.74 Å². The highest BCUT2D eigenvalue weighted by Gasteiger charge is 2.18. The lowest BCUT2D eigenvalue weighted by Crippen LogP contribution is -2.38. The second-order valence-electron chi connectivity index (χ2n) is 6.42. The molecule has 1 aliphatic rings. The molecule has 1 heterocycles. The van der Waals surface area contributed by atoms with E-state index in [-0.39, 0.29) is 5.78 Å². The maximum absolute atomic E-state index is 12.7. The molecular formula is C22H23N3O3. The number of benzene rings is 2. The molecule has 2 aromatic carbocycles. The van der Waals surface area contributed by atoms with Crippen molar-refractivity contribution in [3.63, 3.8) is 0 Å². The van der Waals surface area contributed by atoms with Crippen molar-refractivity contribution in [2.24, 2.45) is 10.9 Å². The zero-order valence-electron chi connectivity index (χ0n) is 15.7. The first-order valence-electron chi connectivity index (χ1n) is 9.32. The summed E-state index contributed by atoms with van der Waals surface area (Å²) in [5.74, 6) is -0.611. The minimum atomic E-state index is -0.941. The minimum Gasteiger partial charge on any atom is -0.492 e. The fourth-order valence-corrected chi connectivity index (χ4v) is 2.87. The van der Waals surface area contributed by atoms with Gasteiger partial charge in [0.25, 0.3) is 0 Å². The predicted octanol–water partition coefficient (Wildman–Crippen LogP) is 3.12. The van der Waals surface area contributed by atoms with Crippen LogP contribution in [0.3, 0.4) is 0 Å². The molecule has 1 aliphatic heterocycles. The molecule has 1 atom stereocenters. The summed E-state index contributed by atoms with van der Waals surface area (Å²) in [5.41, 5.74) is 1.14. The fourth-order valence-electron chi connectivity index (χ4n) is 2.87. The van der Waals surface area contributed by atoms with Crippen molar-refractivity contribution in [2.45, 2.75) is 0 Å². The van der Waals surface area contributed by atoms with Gasteiger partial charge >= 0.3 is 0 Å². The third-order valence-electron chi connectivity index (χ3n) is 4.45. The lowest BCUT2D eigenvalue weighted by Gasteiger charge is -2.26. The van der Waals surface area contributed by atoms with Crippen molar-refractivity contribution < 1.29 is 14.3 Å². The number of carbonyl (C=O) groups is 1. The monoisotopic (exact) mass is 377 g/mol. The highest BCUT2D eigenvalue weighted by molar-refractivity contribution is 6.08. The second-order valence-corrected chi connectivity index (χ2v) is 6.42. The van der Waals surface area contributed by atoms with Gasteiger partial charge in [0, 0.05) is 31.4 Å². The summed E-state index contributed by atoms with van der Waals surface area (Å²) >= 11 is 0. The molecule has 6 heteroatoms. The van der Waals surface area contributed by atoms with Gasteiger partial charge < -0.3 is 9.47 Å². The zero-order valence-corrected chi connectivity index (χ0v) is 15.7. The van der Waals surface area contributed by atoms with Crippen LogP contribution in [-0.4, -0.2) is 56.4 Å². The molecule has 1 unspecified atom stereocenters. The van der Waals surface area contributed by atoms with Gasteiger partial charge in [-0.25, -0.2) is 0 Å². The van der Waals surface area contributed by atoms with Gasteiger partial charge in [-0.3, -0.25) is 14.7 Å². The van der Waals surface area contributed by atoms with Crippen molar-refractivity contribution >= 4 is 17.7 Å². The second kappa shape index (κ2) is 10.4. The standard InChI is InChI=1S/C22H23N3O3/c23-16-19(17-24-20-6-2-1-3-7-20)22(26)18-5-4-8-21(15-18)28-14-11-25-9-12-27-13-10-25/h1-8,15,17,19H,9-14H2. The van der Waals surface area contributed by atoms with Gasteiger partial charge in [0.1, 0.15) is 18.3 Å². The quantitative estimate of drug-likeness (QED) is 0.522. The van der Waals surface area contributed by atoms with Crippen LogP contribution in [0.5, 0.6) is 5.75 Å². The Morgan fingerprint density at radius 2 is 2.00 bits per heavy atom. The average molecular weight is 377 g/mol. The molecule has 0 aromatic heterocycles. The Morgan fingerprint density at radius 1 is 1.21 bits per heavy atom. The van der Waals surface area contributed by atoms with E-state index >= 15 is 0 Å². The number of para-hydroxylation sites is 1. The van der Waals surface area contributed by atoms with E-state index in [1.54, 1.807) is 18.2 Å². The van der Waals surface area contributed by atoms with Crippen molar-refractivity contribution in [2.75, 3.05) is 39.5 Å². The van der Waals surface area contributed by atoms with E-state index in [0.717, 1.165) is 32.8 Å². The Kier molecular flexibility index (Phi) is 7.30. The molecule has 6 nitrogen and oxygen atoms in total. The van der Waals surface area contributed by atoms with Crippen LogP contribution in [0.1, 0.15) is 10.4 Å². The minimum absolute atomic E-state index is 0.291. The van der Waals surface area contributed by atoms with E-state index in [4.69, 9.17) is 9.47 Å². The predicted molar refractivity (Wildman–Crippen MR) is 107 cm³/mol. The molecule has 0 aliphatic carbocycles. The van der Waals surface area contributed by atoms with Crippen LogP contribution in [0.15, 0.2) is 59.6 Å². The number of aliphatic imine (C=N–C) groups is 1. The Labute approximate surface area is 165 Å². The van der Waals surface area contributed by atoms with Crippen molar-refractivity contribution in [1.29, 1.82) is 5.26 Å². The SMILES string of the molecule is N#CC(C=Nc1ccccc1)C(=O)c1cccc(OCCN2CCOCC2)c1. The summed E-state index contributed by atoms with van der Waals surface area (Å²) in [6.07, 6.45) is 1.39. The molecule has 3 rings (SSSR count). The third-order valence-corrected chi connectivity index (χ3v) is 4.45. The molecule has 0 spiro atoms. The maximum atomic E-state index is 12.7. The van der Waals surface area contributed by atoms with Gasteiger partial charge in [0.05, 0.1) is 25.0 Å². The Morgan fingerprint density at radius 3 is 2.75 bits per heavy atom. The topological polar surface area (TPSA) is 74.9 Å². The van der Waals surface area contributed by atoms with Crippen molar-refractivity contribution in [3.05, 3.63) is 60.2 Å². The number of ether oxygens (including phenoxy) is 2. The van der Waals surface area contributed by atoms with Gasteiger partial charge in [0.2, 0.25) is 0 Å². The molecule has 1 saturated heterocycles. The molecule has 28 heavy (non-hydrogen) atoms. The van der Waals surface area contributed by atoms with E-state index < -0.39 is 5.92 Å². The summed E-state index contributed by atoms with van der Waals surface area (Å²) < 4.78 is 11.1. The number of nitrogens with zero attached hydrogens (tertiary/aromatic N) is 3. The van der Waals surface area contributed by atoms with Crippen LogP contribution in [0.4, 0.5) is 5.69 Å². The molecule has 0 saturated carbocycles.